The summed E-state index contributed by atoms with van der Waals surface area (Å²) < 4.78 is 21.4. The van der Waals surface area contributed by atoms with Crippen molar-refractivity contribution in [2.75, 3.05) is 34.0 Å². The van der Waals surface area contributed by atoms with Crippen LogP contribution in [-0.2, 0) is 16.0 Å². The number of aromatic nitrogens is 2. The van der Waals surface area contributed by atoms with Crippen molar-refractivity contribution in [2.45, 2.75) is 19.4 Å². The van der Waals surface area contributed by atoms with E-state index in [1.807, 2.05) is 18.2 Å². The number of morpholine rings is 1. The summed E-state index contributed by atoms with van der Waals surface area (Å²) in [7, 11) is 3.18. The van der Waals surface area contributed by atoms with E-state index in [9.17, 15) is 4.79 Å². The number of carbonyl (C=O) groups is 1. The van der Waals surface area contributed by atoms with E-state index in [2.05, 4.69) is 10.1 Å². The van der Waals surface area contributed by atoms with Crippen LogP contribution in [0, 0.1) is 0 Å². The van der Waals surface area contributed by atoms with Crippen molar-refractivity contribution in [3.63, 3.8) is 0 Å². The van der Waals surface area contributed by atoms with Crippen molar-refractivity contribution in [2.24, 2.45) is 0 Å². The average molecular weight is 347 g/mol. The number of benzene rings is 1. The number of rotatable bonds is 5. The minimum Gasteiger partial charge on any atom is -0.493 e. The summed E-state index contributed by atoms with van der Waals surface area (Å²) in [6, 6.07) is 5.29. The van der Waals surface area contributed by atoms with E-state index < -0.39 is 0 Å². The highest BCUT2D eigenvalue weighted by molar-refractivity contribution is 5.73. The first-order valence-electron chi connectivity index (χ1n) is 8.00. The molecule has 8 heteroatoms. The first-order chi connectivity index (χ1) is 12.1. The molecule has 0 bridgehead atoms. The third-order valence-electron chi connectivity index (χ3n) is 4.11. The maximum Gasteiger partial charge on any atom is 0.251 e. The van der Waals surface area contributed by atoms with Gasteiger partial charge in [-0.25, -0.2) is 0 Å². The van der Waals surface area contributed by atoms with E-state index in [0.29, 0.717) is 49.4 Å². The van der Waals surface area contributed by atoms with Gasteiger partial charge in [0.05, 0.1) is 27.4 Å². The van der Waals surface area contributed by atoms with E-state index in [1.165, 1.54) is 6.92 Å². The summed E-state index contributed by atoms with van der Waals surface area (Å²) in [6.45, 7) is 2.92. The van der Waals surface area contributed by atoms with Crippen LogP contribution in [0.5, 0.6) is 11.5 Å². The molecule has 0 radical (unpaired) electrons. The molecule has 25 heavy (non-hydrogen) atoms. The Morgan fingerprint density at radius 1 is 1.32 bits per heavy atom. The van der Waals surface area contributed by atoms with Crippen molar-refractivity contribution in [1.29, 1.82) is 0 Å². The molecule has 0 spiro atoms. The molecular weight excluding hydrogens is 326 g/mol. The summed E-state index contributed by atoms with van der Waals surface area (Å²) in [6.07, 6.45) is 0.484. The van der Waals surface area contributed by atoms with Gasteiger partial charge in [-0.3, -0.25) is 4.79 Å². The van der Waals surface area contributed by atoms with E-state index in [0.717, 1.165) is 5.56 Å². The molecule has 1 aromatic heterocycles. The molecule has 0 saturated carbocycles. The lowest BCUT2D eigenvalue weighted by molar-refractivity contribution is -0.138. The average Bonchev–Trinajstić information content (AvgIpc) is 3.09. The molecule has 1 fully saturated rings. The Balaban J connectivity index is 1.76. The molecule has 0 unspecified atom stereocenters. The molecular formula is C17H21N3O5. The molecule has 1 atom stereocenters. The predicted octanol–water partition coefficient (Wildman–Crippen LogP) is 1.60. The number of nitrogens with zero attached hydrogens (tertiary/aromatic N) is 3. The number of amides is 1. The second-order valence-electron chi connectivity index (χ2n) is 5.72. The van der Waals surface area contributed by atoms with Gasteiger partial charge in [0, 0.05) is 19.9 Å². The highest BCUT2D eigenvalue weighted by atomic mass is 16.5. The normalized spacial score (nSPS) is 17.4. The highest BCUT2D eigenvalue weighted by Gasteiger charge is 2.31. The van der Waals surface area contributed by atoms with Crippen LogP contribution in [0.4, 0.5) is 0 Å². The van der Waals surface area contributed by atoms with Crippen molar-refractivity contribution in [3.8, 4) is 11.5 Å². The number of ether oxygens (including phenoxy) is 3. The zero-order valence-corrected chi connectivity index (χ0v) is 14.5. The minimum absolute atomic E-state index is 0.0343. The standard InChI is InChI=1S/C17H21N3O5/c1-11(21)20-6-7-24-10-13(20)17-18-16(19-25-17)9-12-4-5-14(22-2)15(8-12)23-3/h4-5,8,13H,6-7,9-10H2,1-3H3/t13-/m0/s1. The lowest BCUT2D eigenvalue weighted by Crippen LogP contribution is -2.42. The second kappa shape index (κ2) is 7.52. The van der Waals surface area contributed by atoms with Crippen molar-refractivity contribution in [1.82, 2.24) is 15.0 Å². The lowest BCUT2D eigenvalue weighted by atomic mass is 10.1. The van der Waals surface area contributed by atoms with Crippen LogP contribution < -0.4 is 9.47 Å². The summed E-state index contributed by atoms with van der Waals surface area (Å²) in [4.78, 5) is 17.9. The molecule has 0 N–H and O–H groups in total. The van der Waals surface area contributed by atoms with Gasteiger partial charge >= 0.3 is 0 Å². The molecule has 0 aliphatic carbocycles. The Bertz CT molecular complexity index is 746. The molecule has 1 amide bonds. The third-order valence-corrected chi connectivity index (χ3v) is 4.11. The molecule has 2 heterocycles. The molecule has 1 aliphatic rings. The highest BCUT2D eigenvalue weighted by Crippen LogP contribution is 2.28. The van der Waals surface area contributed by atoms with E-state index >= 15 is 0 Å². The van der Waals surface area contributed by atoms with Gasteiger partial charge in [0.1, 0.15) is 6.04 Å². The summed E-state index contributed by atoms with van der Waals surface area (Å²) in [5, 5.41) is 4.03. The monoisotopic (exact) mass is 347 g/mol. The van der Waals surface area contributed by atoms with Crippen LogP contribution in [-0.4, -0.2) is 54.9 Å². The molecule has 8 nitrogen and oxygen atoms in total. The maximum absolute atomic E-state index is 11.8. The first-order valence-corrected chi connectivity index (χ1v) is 8.00. The zero-order valence-electron chi connectivity index (χ0n) is 14.5. The number of hydrogen-bond acceptors (Lipinski definition) is 7. The smallest absolute Gasteiger partial charge is 0.251 e. The second-order valence-corrected chi connectivity index (χ2v) is 5.72. The Hall–Kier alpha value is -2.61. The van der Waals surface area contributed by atoms with E-state index in [1.54, 1.807) is 19.1 Å². The van der Waals surface area contributed by atoms with Crippen molar-refractivity contribution in [3.05, 3.63) is 35.5 Å². The van der Waals surface area contributed by atoms with Crippen LogP contribution in [0.2, 0.25) is 0 Å². The van der Waals surface area contributed by atoms with Gasteiger partial charge in [0.15, 0.2) is 17.3 Å². The fraction of sp³-hybridized carbons (Fsp3) is 0.471. The molecule has 1 aliphatic heterocycles. The van der Waals surface area contributed by atoms with Crippen LogP contribution >= 0.6 is 0 Å². The summed E-state index contributed by atoms with van der Waals surface area (Å²) >= 11 is 0. The topological polar surface area (TPSA) is 86.9 Å². The first kappa shape index (κ1) is 17.2. The fourth-order valence-corrected chi connectivity index (χ4v) is 2.83. The molecule has 3 rings (SSSR count). The molecule has 1 aromatic carbocycles. The Morgan fingerprint density at radius 3 is 2.84 bits per heavy atom. The Kier molecular flexibility index (Phi) is 5.18. The van der Waals surface area contributed by atoms with Gasteiger partial charge in [0.2, 0.25) is 5.91 Å². The fourth-order valence-electron chi connectivity index (χ4n) is 2.83. The van der Waals surface area contributed by atoms with Crippen molar-refractivity contribution < 1.29 is 23.5 Å². The van der Waals surface area contributed by atoms with Crippen LogP contribution in [0.1, 0.15) is 30.2 Å². The summed E-state index contributed by atoms with van der Waals surface area (Å²) in [5.74, 6) is 2.21. The Morgan fingerprint density at radius 2 is 2.12 bits per heavy atom. The summed E-state index contributed by atoms with van der Waals surface area (Å²) in [5.41, 5.74) is 0.966. The third kappa shape index (κ3) is 3.74. The number of methoxy groups -OCH3 is 2. The van der Waals surface area contributed by atoms with Gasteiger partial charge in [-0.2, -0.15) is 4.98 Å². The lowest BCUT2D eigenvalue weighted by Gasteiger charge is -2.32. The van der Waals surface area contributed by atoms with Crippen LogP contribution in [0.3, 0.4) is 0 Å². The van der Waals surface area contributed by atoms with E-state index in [4.69, 9.17) is 18.7 Å². The van der Waals surface area contributed by atoms with Gasteiger partial charge in [-0.05, 0) is 17.7 Å². The van der Waals surface area contributed by atoms with Crippen LogP contribution in [0.25, 0.3) is 0 Å². The molecule has 134 valence electrons. The van der Waals surface area contributed by atoms with Gasteiger partial charge < -0.3 is 23.6 Å². The van der Waals surface area contributed by atoms with Gasteiger partial charge in [0.25, 0.3) is 5.89 Å². The quantitative estimate of drug-likeness (QED) is 0.812. The molecule has 1 saturated heterocycles. The predicted molar refractivity (Wildman–Crippen MR) is 87.6 cm³/mol. The van der Waals surface area contributed by atoms with Gasteiger partial charge in [-0.15, -0.1) is 0 Å². The van der Waals surface area contributed by atoms with Gasteiger partial charge in [-0.1, -0.05) is 11.2 Å². The Labute approximate surface area is 145 Å². The van der Waals surface area contributed by atoms with Crippen LogP contribution in [0.15, 0.2) is 22.7 Å². The number of hydrogen-bond donors (Lipinski definition) is 0. The largest absolute Gasteiger partial charge is 0.493 e. The maximum atomic E-state index is 11.8. The van der Waals surface area contributed by atoms with Crippen molar-refractivity contribution >= 4 is 5.91 Å². The number of carbonyl (C=O) groups excluding carboxylic acids is 1. The molecule has 2 aromatic rings. The van der Waals surface area contributed by atoms with E-state index in [-0.39, 0.29) is 11.9 Å². The SMILES string of the molecule is COc1ccc(Cc2noc([C@@H]3COCCN3C(C)=O)n2)cc1OC. The zero-order chi connectivity index (χ0) is 17.8. The minimum atomic E-state index is -0.335.